The van der Waals surface area contributed by atoms with Gasteiger partial charge in [0.05, 0.1) is 10.6 Å². The summed E-state index contributed by atoms with van der Waals surface area (Å²) in [6, 6.07) is 33.0. The number of sulfonamides is 1. The minimum atomic E-state index is -4.09. The van der Waals surface area contributed by atoms with Crippen molar-refractivity contribution in [3.8, 4) is 0 Å². The van der Waals surface area contributed by atoms with Crippen LogP contribution in [0.25, 0.3) is 0 Å². The number of aryl methyl sites for hydroxylation is 1. The fourth-order valence-corrected chi connectivity index (χ4v) is 5.90. The number of hydrogen-bond donors (Lipinski definition) is 1. The number of hydrogen-bond acceptors (Lipinski definition) is 4. The number of likely N-dealkylation sites (N-methyl/N-ethyl adjacent to an activating group) is 1. The van der Waals surface area contributed by atoms with Gasteiger partial charge in [0, 0.05) is 20.0 Å². The van der Waals surface area contributed by atoms with Crippen LogP contribution in [0.5, 0.6) is 0 Å². The Morgan fingerprint density at radius 2 is 1.27 bits per heavy atom. The first-order chi connectivity index (χ1) is 19.3. The van der Waals surface area contributed by atoms with E-state index >= 15 is 0 Å². The summed E-state index contributed by atoms with van der Waals surface area (Å²) in [5, 5.41) is 2.69. The third-order valence-electron chi connectivity index (χ3n) is 6.65. The summed E-state index contributed by atoms with van der Waals surface area (Å²) in [5.74, 6) is -0.825. The van der Waals surface area contributed by atoms with Crippen molar-refractivity contribution in [3.05, 3.63) is 132 Å². The second-order valence-electron chi connectivity index (χ2n) is 9.49. The molecule has 0 saturated heterocycles. The number of benzene rings is 4. The van der Waals surface area contributed by atoms with Crippen LogP contribution in [0.3, 0.4) is 0 Å². The smallest absolute Gasteiger partial charge is 0.264 e. The van der Waals surface area contributed by atoms with Crippen molar-refractivity contribution in [1.82, 2.24) is 10.2 Å². The molecular formula is C32H33N3O4S. The van der Waals surface area contributed by atoms with Crippen molar-refractivity contribution in [2.75, 3.05) is 17.9 Å². The summed E-state index contributed by atoms with van der Waals surface area (Å²) in [5.41, 5.74) is 3.03. The molecule has 2 amide bonds. The van der Waals surface area contributed by atoms with Crippen LogP contribution in [0.1, 0.15) is 16.7 Å². The Morgan fingerprint density at radius 3 is 1.82 bits per heavy atom. The van der Waals surface area contributed by atoms with E-state index in [1.807, 2.05) is 67.6 Å². The molecule has 0 bridgehead atoms. The van der Waals surface area contributed by atoms with Crippen molar-refractivity contribution >= 4 is 27.5 Å². The van der Waals surface area contributed by atoms with E-state index in [1.54, 1.807) is 42.5 Å². The maximum Gasteiger partial charge on any atom is 0.264 e. The van der Waals surface area contributed by atoms with Crippen LogP contribution < -0.4 is 9.62 Å². The van der Waals surface area contributed by atoms with Crippen LogP contribution in [-0.4, -0.2) is 44.8 Å². The maximum atomic E-state index is 14.2. The molecule has 1 atom stereocenters. The van der Waals surface area contributed by atoms with E-state index < -0.39 is 28.5 Å². The monoisotopic (exact) mass is 555 g/mol. The SMILES string of the molecule is CNC(=O)C(Cc1ccccc1)N(Cc1ccccc1)C(=O)CN(c1ccc(C)cc1)S(=O)(=O)c1ccccc1. The van der Waals surface area contributed by atoms with Gasteiger partial charge < -0.3 is 10.2 Å². The molecular weight excluding hydrogens is 522 g/mol. The topological polar surface area (TPSA) is 86.8 Å². The first-order valence-electron chi connectivity index (χ1n) is 13.0. The lowest BCUT2D eigenvalue weighted by Crippen LogP contribution is -2.53. The molecule has 7 nitrogen and oxygen atoms in total. The number of carbonyl (C=O) groups excluding carboxylic acids is 2. The van der Waals surface area contributed by atoms with Gasteiger partial charge in [0.1, 0.15) is 12.6 Å². The zero-order valence-corrected chi connectivity index (χ0v) is 23.4. The lowest BCUT2D eigenvalue weighted by atomic mass is 10.0. The summed E-state index contributed by atoms with van der Waals surface area (Å²) >= 11 is 0. The zero-order valence-electron chi connectivity index (χ0n) is 22.6. The van der Waals surface area contributed by atoms with Crippen molar-refractivity contribution < 1.29 is 18.0 Å². The molecule has 4 aromatic rings. The third kappa shape index (κ3) is 6.95. The molecule has 0 aliphatic heterocycles. The number of carbonyl (C=O) groups is 2. The minimum Gasteiger partial charge on any atom is -0.357 e. The summed E-state index contributed by atoms with van der Waals surface area (Å²) in [6.07, 6.45) is 0.273. The number of nitrogens with one attached hydrogen (secondary N) is 1. The van der Waals surface area contributed by atoms with Gasteiger partial charge in [-0.15, -0.1) is 0 Å². The molecule has 206 valence electrons. The first-order valence-corrected chi connectivity index (χ1v) is 14.5. The lowest BCUT2D eigenvalue weighted by Gasteiger charge is -2.33. The van der Waals surface area contributed by atoms with Gasteiger partial charge in [-0.05, 0) is 42.3 Å². The van der Waals surface area contributed by atoms with Crippen molar-refractivity contribution in [3.63, 3.8) is 0 Å². The maximum absolute atomic E-state index is 14.2. The molecule has 0 aliphatic rings. The Morgan fingerprint density at radius 1 is 0.750 bits per heavy atom. The highest BCUT2D eigenvalue weighted by atomic mass is 32.2. The van der Waals surface area contributed by atoms with E-state index in [9.17, 15) is 18.0 Å². The van der Waals surface area contributed by atoms with Crippen LogP contribution in [0.15, 0.2) is 120 Å². The van der Waals surface area contributed by atoms with Gasteiger partial charge in [0.25, 0.3) is 10.0 Å². The summed E-state index contributed by atoms with van der Waals surface area (Å²) < 4.78 is 28.8. The summed E-state index contributed by atoms with van der Waals surface area (Å²) in [4.78, 5) is 28.9. The fraction of sp³-hybridized carbons (Fsp3) is 0.188. The highest BCUT2D eigenvalue weighted by molar-refractivity contribution is 7.92. The van der Waals surface area contributed by atoms with E-state index in [1.165, 1.54) is 24.1 Å². The molecule has 0 radical (unpaired) electrons. The first kappa shape index (κ1) is 28.6. The van der Waals surface area contributed by atoms with E-state index in [4.69, 9.17) is 0 Å². The van der Waals surface area contributed by atoms with Gasteiger partial charge in [-0.3, -0.25) is 13.9 Å². The molecule has 0 fully saturated rings. The zero-order chi connectivity index (χ0) is 28.5. The van der Waals surface area contributed by atoms with Gasteiger partial charge >= 0.3 is 0 Å². The summed E-state index contributed by atoms with van der Waals surface area (Å²) in [7, 11) is -2.56. The number of amides is 2. The van der Waals surface area contributed by atoms with Gasteiger partial charge in [-0.1, -0.05) is 96.6 Å². The van der Waals surface area contributed by atoms with Gasteiger partial charge in [-0.2, -0.15) is 0 Å². The molecule has 0 heterocycles. The third-order valence-corrected chi connectivity index (χ3v) is 8.43. The molecule has 0 aromatic heterocycles. The molecule has 1 unspecified atom stereocenters. The van der Waals surface area contributed by atoms with E-state index in [-0.39, 0.29) is 23.8 Å². The lowest BCUT2D eigenvalue weighted by molar-refractivity contribution is -0.139. The predicted octanol–water partition coefficient (Wildman–Crippen LogP) is 4.58. The predicted molar refractivity (Wildman–Crippen MR) is 157 cm³/mol. The molecule has 0 saturated carbocycles. The molecule has 4 aromatic carbocycles. The van der Waals surface area contributed by atoms with Gasteiger partial charge in [0.2, 0.25) is 11.8 Å². The van der Waals surface area contributed by atoms with Crippen LogP contribution in [-0.2, 0) is 32.6 Å². The Hall–Kier alpha value is -4.43. The van der Waals surface area contributed by atoms with Gasteiger partial charge in [0.15, 0.2) is 0 Å². The standard InChI is InChI=1S/C32H33N3O4S/c1-25-18-20-28(21-19-25)35(40(38,39)29-16-10-5-11-17-29)24-31(36)34(23-27-14-8-4-9-15-27)30(32(37)33-2)22-26-12-6-3-7-13-26/h3-21,30H,22-24H2,1-2H3,(H,33,37). The average Bonchev–Trinajstić information content (AvgIpc) is 2.99. The number of anilines is 1. The van der Waals surface area contributed by atoms with E-state index in [0.29, 0.717) is 5.69 Å². The highest BCUT2D eigenvalue weighted by Crippen LogP contribution is 2.25. The Labute approximate surface area is 236 Å². The summed E-state index contributed by atoms with van der Waals surface area (Å²) in [6.45, 7) is 1.57. The van der Waals surface area contributed by atoms with Crippen LogP contribution in [0, 0.1) is 6.92 Å². The van der Waals surface area contributed by atoms with Crippen LogP contribution in [0.4, 0.5) is 5.69 Å². The fourth-order valence-electron chi connectivity index (χ4n) is 4.46. The second-order valence-corrected chi connectivity index (χ2v) is 11.3. The van der Waals surface area contributed by atoms with Crippen LogP contribution >= 0.6 is 0 Å². The quantitative estimate of drug-likeness (QED) is 0.294. The molecule has 0 spiro atoms. The molecule has 4 rings (SSSR count). The highest BCUT2D eigenvalue weighted by Gasteiger charge is 2.34. The van der Waals surface area contributed by atoms with E-state index in [2.05, 4.69) is 5.32 Å². The van der Waals surface area contributed by atoms with Crippen molar-refractivity contribution in [2.45, 2.75) is 30.8 Å². The normalized spacial score (nSPS) is 11.8. The molecule has 40 heavy (non-hydrogen) atoms. The van der Waals surface area contributed by atoms with Crippen molar-refractivity contribution in [1.29, 1.82) is 0 Å². The molecule has 1 N–H and O–H groups in total. The Bertz CT molecular complexity index is 1510. The largest absolute Gasteiger partial charge is 0.357 e. The number of rotatable bonds is 11. The Kier molecular flexibility index (Phi) is 9.35. The minimum absolute atomic E-state index is 0.0742. The van der Waals surface area contributed by atoms with Crippen molar-refractivity contribution in [2.24, 2.45) is 0 Å². The second kappa shape index (κ2) is 13.1. The van der Waals surface area contributed by atoms with Gasteiger partial charge in [-0.25, -0.2) is 8.42 Å². The molecule has 8 heteroatoms. The molecule has 0 aliphatic carbocycles. The number of nitrogens with zero attached hydrogens (tertiary/aromatic N) is 2. The average molecular weight is 556 g/mol. The van der Waals surface area contributed by atoms with Crippen LogP contribution in [0.2, 0.25) is 0 Å². The van der Waals surface area contributed by atoms with E-state index in [0.717, 1.165) is 21.0 Å². The Balaban J connectivity index is 1.76.